The summed E-state index contributed by atoms with van der Waals surface area (Å²) >= 11 is 7.21. The number of halogens is 2. The third kappa shape index (κ3) is 3.47. The van der Waals surface area contributed by atoms with E-state index in [1.54, 1.807) is 0 Å². The first-order chi connectivity index (χ1) is 8.20. The summed E-state index contributed by atoms with van der Waals surface area (Å²) in [5, 5.41) is 3.67. The third-order valence-corrected chi connectivity index (χ3v) is 5.06. The summed E-state index contributed by atoms with van der Waals surface area (Å²) in [7, 11) is 0. The minimum absolute atomic E-state index is 0.632. The van der Waals surface area contributed by atoms with Gasteiger partial charge in [-0.15, -0.1) is 0 Å². The van der Waals surface area contributed by atoms with Crippen molar-refractivity contribution in [2.75, 3.05) is 5.32 Å². The molecule has 0 atom stereocenters. The standard InChI is InChI=1S/C14H19Br2N/c1-2-10-6-8-11(9-7-10)17-14-12(15)4-3-5-13(14)16/h3-5,10-11,17H,2,6-9H2,1H3. The van der Waals surface area contributed by atoms with Crippen molar-refractivity contribution in [3.63, 3.8) is 0 Å². The Bertz CT molecular complexity index is 350. The summed E-state index contributed by atoms with van der Waals surface area (Å²) in [6.45, 7) is 2.31. The maximum Gasteiger partial charge on any atom is 0.0631 e. The van der Waals surface area contributed by atoms with Crippen molar-refractivity contribution in [3.8, 4) is 0 Å². The van der Waals surface area contributed by atoms with Crippen LogP contribution in [0.25, 0.3) is 0 Å². The molecule has 0 spiro atoms. The van der Waals surface area contributed by atoms with Crippen molar-refractivity contribution < 1.29 is 0 Å². The Hall–Kier alpha value is -0.0200. The van der Waals surface area contributed by atoms with Crippen LogP contribution < -0.4 is 5.32 Å². The average molecular weight is 361 g/mol. The van der Waals surface area contributed by atoms with Crippen molar-refractivity contribution in [2.24, 2.45) is 5.92 Å². The molecule has 0 amide bonds. The van der Waals surface area contributed by atoms with Gasteiger partial charge in [-0.05, 0) is 75.6 Å². The first kappa shape index (κ1) is 13.4. The van der Waals surface area contributed by atoms with Crippen molar-refractivity contribution in [2.45, 2.75) is 45.1 Å². The lowest BCUT2D eigenvalue weighted by molar-refractivity contribution is 0.330. The van der Waals surface area contributed by atoms with E-state index in [0.29, 0.717) is 6.04 Å². The Morgan fingerprint density at radius 3 is 2.24 bits per heavy atom. The lowest BCUT2D eigenvalue weighted by Crippen LogP contribution is -2.26. The van der Waals surface area contributed by atoms with Crippen LogP contribution in [-0.2, 0) is 0 Å². The fourth-order valence-corrected chi connectivity index (χ4v) is 3.78. The summed E-state index contributed by atoms with van der Waals surface area (Å²) in [6, 6.07) is 6.86. The van der Waals surface area contributed by atoms with E-state index in [4.69, 9.17) is 0 Å². The van der Waals surface area contributed by atoms with Gasteiger partial charge >= 0.3 is 0 Å². The molecule has 1 aromatic carbocycles. The maximum atomic E-state index is 3.67. The molecule has 0 unspecified atom stereocenters. The van der Waals surface area contributed by atoms with E-state index in [2.05, 4.69) is 56.2 Å². The fourth-order valence-electron chi connectivity index (χ4n) is 2.55. The second-order valence-electron chi connectivity index (χ2n) is 4.87. The number of nitrogens with one attached hydrogen (secondary N) is 1. The van der Waals surface area contributed by atoms with Gasteiger partial charge in [-0.1, -0.05) is 19.4 Å². The number of benzene rings is 1. The monoisotopic (exact) mass is 359 g/mol. The number of hydrogen-bond donors (Lipinski definition) is 1. The van der Waals surface area contributed by atoms with E-state index >= 15 is 0 Å². The minimum atomic E-state index is 0.632. The Morgan fingerprint density at radius 2 is 1.71 bits per heavy atom. The normalized spacial score (nSPS) is 24.6. The molecular formula is C14H19Br2N. The molecule has 1 fully saturated rings. The van der Waals surface area contributed by atoms with Gasteiger partial charge in [0.05, 0.1) is 5.69 Å². The van der Waals surface area contributed by atoms with E-state index in [1.807, 2.05) is 6.07 Å². The molecule has 3 heteroatoms. The summed E-state index contributed by atoms with van der Waals surface area (Å²) in [5.41, 5.74) is 1.20. The van der Waals surface area contributed by atoms with Gasteiger partial charge in [-0.2, -0.15) is 0 Å². The van der Waals surface area contributed by atoms with Crippen molar-refractivity contribution >= 4 is 37.5 Å². The highest BCUT2D eigenvalue weighted by atomic mass is 79.9. The molecule has 0 bridgehead atoms. The molecule has 1 saturated carbocycles. The molecule has 1 aromatic rings. The van der Waals surface area contributed by atoms with E-state index in [1.165, 1.54) is 37.8 Å². The Balaban J connectivity index is 1.98. The molecule has 0 saturated heterocycles. The van der Waals surface area contributed by atoms with Gasteiger partial charge in [-0.25, -0.2) is 0 Å². The molecule has 0 aliphatic heterocycles. The molecule has 0 aromatic heterocycles. The zero-order valence-electron chi connectivity index (χ0n) is 10.2. The summed E-state index contributed by atoms with van der Waals surface area (Å²) in [6.07, 6.45) is 6.68. The largest absolute Gasteiger partial charge is 0.380 e. The molecule has 2 rings (SSSR count). The average Bonchev–Trinajstić information content (AvgIpc) is 2.35. The van der Waals surface area contributed by atoms with Crippen molar-refractivity contribution in [1.82, 2.24) is 0 Å². The molecule has 17 heavy (non-hydrogen) atoms. The van der Waals surface area contributed by atoms with Crippen LogP contribution in [0.15, 0.2) is 27.1 Å². The van der Waals surface area contributed by atoms with Gasteiger partial charge in [0.1, 0.15) is 0 Å². The van der Waals surface area contributed by atoms with Crippen LogP contribution in [0.5, 0.6) is 0 Å². The van der Waals surface area contributed by atoms with Gasteiger partial charge < -0.3 is 5.32 Å². The molecular weight excluding hydrogens is 342 g/mol. The topological polar surface area (TPSA) is 12.0 Å². The zero-order valence-corrected chi connectivity index (χ0v) is 13.4. The zero-order chi connectivity index (χ0) is 12.3. The first-order valence-corrected chi connectivity index (χ1v) is 8.00. The molecule has 1 nitrogen and oxygen atoms in total. The number of hydrogen-bond acceptors (Lipinski definition) is 1. The molecule has 0 heterocycles. The highest BCUT2D eigenvalue weighted by Gasteiger charge is 2.20. The van der Waals surface area contributed by atoms with Crippen LogP contribution in [0.3, 0.4) is 0 Å². The van der Waals surface area contributed by atoms with Crippen LogP contribution in [-0.4, -0.2) is 6.04 Å². The fraction of sp³-hybridized carbons (Fsp3) is 0.571. The van der Waals surface area contributed by atoms with Gasteiger partial charge in [-0.3, -0.25) is 0 Å². The maximum absolute atomic E-state index is 3.67. The molecule has 94 valence electrons. The predicted molar refractivity (Wildman–Crippen MR) is 81.5 cm³/mol. The van der Waals surface area contributed by atoms with E-state index in [-0.39, 0.29) is 0 Å². The van der Waals surface area contributed by atoms with Crippen molar-refractivity contribution in [3.05, 3.63) is 27.1 Å². The number of para-hydroxylation sites is 1. The first-order valence-electron chi connectivity index (χ1n) is 6.41. The lowest BCUT2D eigenvalue weighted by Gasteiger charge is -2.29. The van der Waals surface area contributed by atoms with Crippen LogP contribution in [0.4, 0.5) is 5.69 Å². The van der Waals surface area contributed by atoms with Crippen LogP contribution in [0.2, 0.25) is 0 Å². The van der Waals surface area contributed by atoms with E-state index in [0.717, 1.165) is 14.9 Å². The summed E-state index contributed by atoms with van der Waals surface area (Å²) in [5.74, 6) is 0.954. The van der Waals surface area contributed by atoms with Gasteiger partial charge in [0, 0.05) is 15.0 Å². The highest BCUT2D eigenvalue weighted by molar-refractivity contribution is 9.11. The predicted octanol–water partition coefficient (Wildman–Crippen LogP) is 5.59. The summed E-state index contributed by atoms with van der Waals surface area (Å²) in [4.78, 5) is 0. The van der Waals surface area contributed by atoms with E-state index < -0.39 is 0 Å². The van der Waals surface area contributed by atoms with Crippen LogP contribution in [0, 0.1) is 5.92 Å². The number of rotatable bonds is 3. The highest BCUT2D eigenvalue weighted by Crippen LogP contribution is 2.34. The van der Waals surface area contributed by atoms with Gasteiger partial charge in [0.25, 0.3) is 0 Å². The SMILES string of the molecule is CCC1CCC(Nc2c(Br)cccc2Br)CC1. The smallest absolute Gasteiger partial charge is 0.0631 e. The molecule has 1 aliphatic carbocycles. The molecule has 1 N–H and O–H groups in total. The molecule has 0 radical (unpaired) electrons. The van der Waals surface area contributed by atoms with E-state index in [9.17, 15) is 0 Å². The number of anilines is 1. The minimum Gasteiger partial charge on any atom is -0.380 e. The Kier molecular flexibility index (Phi) is 4.92. The second-order valence-corrected chi connectivity index (χ2v) is 6.58. The molecule has 1 aliphatic rings. The van der Waals surface area contributed by atoms with Crippen LogP contribution >= 0.6 is 31.9 Å². The van der Waals surface area contributed by atoms with Gasteiger partial charge in [0.15, 0.2) is 0 Å². The van der Waals surface area contributed by atoms with Crippen LogP contribution in [0.1, 0.15) is 39.0 Å². The summed E-state index contributed by atoms with van der Waals surface area (Å²) < 4.78 is 2.29. The second kappa shape index (κ2) is 6.24. The third-order valence-electron chi connectivity index (χ3n) is 3.74. The quantitative estimate of drug-likeness (QED) is 0.740. The van der Waals surface area contributed by atoms with Gasteiger partial charge in [0.2, 0.25) is 0 Å². The van der Waals surface area contributed by atoms with Crippen molar-refractivity contribution in [1.29, 1.82) is 0 Å². The Morgan fingerprint density at radius 1 is 1.12 bits per heavy atom. The Labute approximate surface area is 121 Å². The lowest BCUT2D eigenvalue weighted by atomic mass is 9.84.